The summed E-state index contributed by atoms with van der Waals surface area (Å²) in [7, 11) is -3.91. The van der Waals surface area contributed by atoms with Gasteiger partial charge in [0.05, 0.1) is 22.7 Å². The molecule has 0 radical (unpaired) electrons. The van der Waals surface area contributed by atoms with E-state index in [2.05, 4.69) is 20.3 Å². The van der Waals surface area contributed by atoms with Crippen molar-refractivity contribution < 1.29 is 22.4 Å². The van der Waals surface area contributed by atoms with Gasteiger partial charge in [-0.2, -0.15) is 0 Å². The molecule has 0 saturated heterocycles. The lowest BCUT2D eigenvalue weighted by molar-refractivity contribution is 0.0949. The van der Waals surface area contributed by atoms with Crippen LogP contribution in [0.1, 0.15) is 40.3 Å². The van der Waals surface area contributed by atoms with Gasteiger partial charge in [-0.05, 0) is 62.4 Å². The molecular weight excluding hydrogens is 447 g/mol. The molecule has 10 heteroatoms. The van der Waals surface area contributed by atoms with Gasteiger partial charge in [-0.25, -0.2) is 17.5 Å². The van der Waals surface area contributed by atoms with Crippen LogP contribution in [0.5, 0.6) is 0 Å². The molecule has 0 saturated carbocycles. The highest BCUT2D eigenvalue weighted by atomic mass is 32.2. The van der Waals surface area contributed by atoms with Gasteiger partial charge in [-0.3, -0.25) is 14.6 Å². The Hall–Kier alpha value is -3.63. The number of hydrogen-bond acceptors (Lipinski definition) is 5. The van der Waals surface area contributed by atoms with Crippen LogP contribution in [-0.4, -0.2) is 31.3 Å². The quantitative estimate of drug-likeness (QED) is 0.468. The number of amides is 2. The van der Waals surface area contributed by atoms with E-state index in [0.29, 0.717) is 5.69 Å². The Morgan fingerprint density at radius 1 is 1.00 bits per heavy atom. The van der Waals surface area contributed by atoms with E-state index in [1.807, 2.05) is 6.07 Å². The summed E-state index contributed by atoms with van der Waals surface area (Å²) in [6.45, 7) is 3.52. The minimum Gasteiger partial charge on any atom is -0.346 e. The van der Waals surface area contributed by atoms with Gasteiger partial charge in [0.2, 0.25) is 10.0 Å². The first-order valence-electron chi connectivity index (χ1n) is 10.1. The van der Waals surface area contributed by atoms with E-state index < -0.39 is 27.3 Å². The molecule has 3 aromatic rings. The van der Waals surface area contributed by atoms with Gasteiger partial charge < -0.3 is 10.6 Å². The van der Waals surface area contributed by atoms with E-state index >= 15 is 0 Å². The Labute approximate surface area is 191 Å². The molecule has 0 fully saturated rings. The fourth-order valence-corrected chi connectivity index (χ4v) is 4.21. The van der Waals surface area contributed by atoms with E-state index in [1.165, 1.54) is 12.1 Å². The van der Waals surface area contributed by atoms with Crippen LogP contribution < -0.4 is 15.4 Å². The van der Waals surface area contributed by atoms with Crippen molar-refractivity contribution in [3.05, 3.63) is 89.5 Å². The Morgan fingerprint density at radius 2 is 1.79 bits per heavy atom. The van der Waals surface area contributed by atoms with Crippen LogP contribution in [-0.2, 0) is 16.6 Å². The van der Waals surface area contributed by atoms with E-state index in [9.17, 15) is 22.4 Å². The zero-order valence-corrected chi connectivity index (χ0v) is 18.8. The normalized spacial score (nSPS) is 11.3. The van der Waals surface area contributed by atoms with Crippen molar-refractivity contribution >= 4 is 27.5 Å². The molecule has 3 N–H and O–H groups in total. The maximum atomic E-state index is 14.3. The number of halogens is 1. The Balaban J connectivity index is 1.74. The van der Waals surface area contributed by atoms with Crippen molar-refractivity contribution in [2.24, 2.45) is 0 Å². The highest BCUT2D eigenvalue weighted by Crippen LogP contribution is 2.18. The number of nitrogens with zero attached hydrogens (tertiary/aromatic N) is 1. The van der Waals surface area contributed by atoms with E-state index in [4.69, 9.17) is 0 Å². The van der Waals surface area contributed by atoms with Crippen LogP contribution in [0.25, 0.3) is 0 Å². The number of rotatable bonds is 8. The zero-order valence-electron chi connectivity index (χ0n) is 18.0. The summed E-state index contributed by atoms with van der Waals surface area (Å²) in [6.07, 6.45) is 1.62. The maximum absolute atomic E-state index is 14.3. The second-order valence-electron chi connectivity index (χ2n) is 7.46. The predicted molar refractivity (Wildman–Crippen MR) is 122 cm³/mol. The van der Waals surface area contributed by atoms with Crippen LogP contribution in [0, 0.1) is 5.82 Å². The molecule has 0 aliphatic rings. The fourth-order valence-electron chi connectivity index (χ4n) is 2.94. The number of carbonyl (C=O) groups excluding carboxylic acids is 2. The molecule has 3 rings (SSSR count). The molecule has 2 amide bonds. The molecule has 33 heavy (non-hydrogen) atoms. The molecule has 0 aliphatic carbocycles. The van der Waals surface area contributed by atoms with Crippen LogP contribution in [0.3, 0.4) is 0 Å². The number of sulfonamides is 1. The number of aromatic nitrogens is 1. The molecule has 172 valence electrons. The Bertz CT molecular complexity index is 1260. The average Bonchev–Trinajstić information content (AvgIpc) is 2.77. The van der Waals surface area contributed by atoms with Crippen LogP contribution in [0.15, 0.2) is 71.8 Å². The van der Waals surface area contributed by atoms with Gasteiger partial charge in [0.25, 0.3) is 11.8 Å². The molecule has 8 nitrogen and oxygen atoms in total. The average molecular weight is 471 g/mol. The maximum Gasteiger partial charge on any atom is 0.258 e. The smallest absolute Gasteiger partial charge is 0.258 e. The van der Waals surface area contributed by atoms with E-state index in [-0.39, 0.29) is 34.6 Å². The predicted octanol–water partition coefficient (Wildman–Crippen LogP) is 3.09. The molecular formula is C23H23FN4O4S. The Kier molecular flexibility index (Phi) is 7.52. The van der Waals surface area contributed by atoms with Gasteiger partial charge in [0.1, 0.15) is 5.82 Å². The first kappa shape index (κ1) is 24.0. The van der Waals surface area contributed by atoms with Crippen LogP contribution in [0.2, 0.25) is 0 Å². The third kappa shape index (κ3) is 6.43. The van der Waals surface area contributed by atoms with Gasteiger partial charge in [-0.15, -0.1) is 0 Å². The summed E-state index contributed by atoms with van der Waals surface area (Å²) in [5.41, 5.74) is 0.777. The minimum atomic E-state index is -3.91. The summed E-state index contributed by atoms with van der Waals surface area (Å²) in [6, 6.07) is 14.1. The number of benzene rings is 2. The van der Waals surface area contributed by atoms with E-state index in [0.717, 1.165) is 18.2 Å². The van der Waals surface area contributed by atoms with Gasteiger partial charge in [0, 0.05) is 23.5 Å². The zero-order chi connectivity index (χ0) is 24.0. The van der Waals surface area contributed by atoms with Gasteiger partial charge in [-0.1, -0.05) is 12.1 Å². The largest absolute Gasteiger partial charge is 0.346 e. The molecule has 1 heterocycles. The molecule has 0 bridgehead atoms. The summed E-state index contributed by atoms with van der Waals surface area (Å²) < 4.78 is 41.4. The highest BCUT2D eigenvalue weighted by Gasteiger charge is 2.20. The van der Waals surface area contributed by atoms with Crippen molar-refractivity contribution in [1.82, 2.24) is 15.0 Å². The molecule has 1 aromatic heterocycles. The molecule has 0 atom stereocenters. The molecule has 2 aromatic carbocycles. The third-order valence-electron chi connectivity index (χ3n) is 4.42. The van der Waals surface area contributed by atoms with Crippen molar-refractivity contribution in [2.75, 3.05) is 5.32 Å². The fraction of sp³-hybridized carbons (Fsp3) is 0.174. The minimum absolute atomic E-state index is 0.229. The molecule has 0 unspecified atom stereocenters. The molecule has 0 aliphatic heterocycles. The number of carbonyl (C=O) groups is 2. The summed E-state index contributed by atoms with van der Waals surface area (Å²) >= 11 is 0. The van der Waals surface area contributed by atoms with E-state index in [1.54, 1.807) is 44.3 Å². The first-order chi connectivity index (χ1) is 15.7. The second kappa shape index (κ2) is 10.3. The van der Waals surface area contributed by atoms with Crippen LogP contribution >= 0.6 is 0 Å². The lowest BCUT2D eigenvalue weighted by atomic mass is 10.1. The van der Waals surface area contributed by atoms with Gasteiger partial charge >= 0.3 is 0 Å². The molecule has 0 spiro atoms. The number of pyridine rings is 1. The monoisotopic (exact) mass is 470 g/mol. The second-order valence-corrected chi connectivity index (χ2v) is 9.17. The lowest BCUT2D eigenvalue weighted by Crippen LogP contribution is -2.30. The van der Waals surface area contributed by atoms with Crippen molar-refractivity contribution in [3.63, 3.8) is 0 Å². The summed E-state index contributed by atoms with van der Waals surface area (Å²) in [5, 5.41) is 5.23. The topological polar surface area (TPSA) is 117 Å². The highest BCUT2D eigenvalue weighted by molar-refractivity contribution is 7.89. The SMILES string of the molecule is CC(C)NS(=O)(=O)c1ccc(F)c(C(=O)Nc2cccc(C(=O)NCc3ccccn3)c2)c1. The van der Waals surface area contributed by atoms with Gasteiger partial charge in [0.15, 0.2) is 0 Å². The standard InChI is InChI=1S/C23H23FN4O4S/c1-15(2)28-33(31,32)19-9-10-21(24)20(13-19)23(30)27-17-8-5-6-16(12-17)22(29)26-14-18-7-3-4-11-25-18/h3-13,15,28H,14H2,1-2H3,(H,26,29)(H,27,30). The number of anilines is 1. The number of nitrogens with one attached hydrogen (secondary N) is 3. The first-order valence-corrected chi connectivity index (χ1v) is 11.6. The third-order valence-corrected chi connectivity index (χ3v) is 6.08. The Morgan fingerprint density at radius 3 is 2.48 bits per heavy atom. The summed E-state index contributed by atoms with van der Waals surface area (Å²) in [5.74, 6) is -2.10. The lowest BCUT2D eigenvalue weighted by Gasteiger charge is -2.12. The number of hydrogen-bond donors (Lipinski definition) is 3. The van der Waals surface area contributed by atoms with Crippen molar-refractivity contribution in [2.45, 2.75) is 31.3 Å². The van der Waals surface area contributed by atoms with Crippen LogP contribution in [0.4, 0.5) is 10.1 Å². The summed E-state index contributed by atoms with van der Waals surface area (Å²) in [4.78, 5) is 29.0. The van der Waals surface area contributed by atoms with Crippen molar-refractivity contribution in [3.8, 4) is 0 Å². The van der Waals surface area contributed by atoms with Crippen molar-refractivity contribution in [1.29, 1.82) is 0 Å².